The number of rotatable bonds is 2. The highest BCUT2D eigenvalue weighted by atomic mass is 16.2. The van der Waals surface area contributed by atoms with Crippen molar-refractivity contribution in [1.29, 1.82) is 5.26 Å². The van der Waals surface area contributed by atoms with Gasteiger partial charge in [-0.25, -0.2) is 0 Å². The number of likely N-dealkylation sites (tertiary alicyclic amines) is 1. The van der Waals surface area contributed by atoms with E-state index in [1.807, 2.05) is 11.8 Å². The molecule has 0 spiro atoms. The Morgan fingerprint density at radius 3 is 2.76 bits per heavy atom. The third kappa shape index (κ3) is 2.88. The van der Waals surface area contributed by atoms with E-state index >= 15 is 0 Å². The largest absolute Gasteiger partial charge is 0.343 e. The van der Waals surface area contributed by atoms with Crippen molar-refractivity contribution >= 4 is 5.91 Å². The van der Waals surface area contributed by atoms with Gasteiger partial charge in [-0.15, -0.1) is 0 Å². The van der Waals surface area contributed by atoms with E-state index in [2.05, 4.69) is 18.2 Å². The lowest BCUT2D eigenvalue weighted by molar-refractivity contribution is -0.133. The van der Waals surface area contributed by atoms with Crippen molar-refractivity contribution < 1.29 is 4.79 Å². The summed E-state index contributed by atoms with van der Waals surface area (Å²) in [6, 6.07) is 2.36. The minimum atomic E-state index is -0.218. The van der Waals surface area contributed by atoms with E-state index in [0.29, 0.717) is 12.3 Å². The molecule has 1 atom stereocenters. The van der Waals surface area contributed by atoms with Crippen molar-refractivity contribution in [1.82, 2.24) is 4.90 Å². The Morgan fingerprint density at radius 1 is 1.53 bits per heavy atom. The van der Waals surface area contributed by atoms with Gasteiger partial charge in [-0.05, 0) is 38.5 Å². The molecule has 0 aromatic rings. The van der Waals surface area contributed by atoms with Crippen molar-refractivity contribution in [2.75, 3.05) is 13.1 Å². The molecule has 1 unspecified atom stereocenters. The van der Waals surface area contributed by atoms with Crippen LogP contribution in [0, 0.1) is 22.7 Å². The van der Waals surface area contributed by atoms with Crippen LogP contribution < -0.4 is 0 Å². The number of hydrogen-bond donors (Lipinski definition) is 0. The van der Waals surface area contributed by atoms with Crippen LogP contribution in [0.2, 0.25) is 0 Å². The summed E-state index contributed by atoms with van der Waals surface area (Å²) in [5, 5.41) is 9.04. The molecule has 1 aliphatic carbocycles. The summed E-state index contributed by atoms with van der Waals surface area (Å²) in [6.45, 7) is 3.49. The number of nitriles is 1. The maximum absolute atomic E-state index is 12.1. The summed E-state index contributed by atoms with van der Waals surface area (Å²) in [5.41, 5.74) is -0.218. The molecule has 2 aliphatic rings. The molecule has 17 heavy (non-hydrogen) atoms. The van der Waals surface area contributed by atoms with Crippen molar-refractivity contribution in [2.45, 2.75) is 39.0 Å². The first-order chi connectivity index (χ1) is 8.13. The smallest absolute Gasteiger partial charge is 0.223 e. The van der Waals surface area contributed by atoms with Gasteiger partial charge in [0.2, 0.25) is 5.91 Å². The number of amides is 1. The van der Waals surface area contributed by atoms with Crippen LogP contribution in [0.4, 0.5) is 0 Å². The van der Waals surface area contributed by atoms with Crippen LogP contribution in [-0.2, 0) is 4.79 Å². The lowest BCUT2D eigenvalue weighted by atomic mass is 9.82. The van der Waals surface area contributed by atoms with Gasteiger partial charge in [0.1, 0.15) is 0 Å². The molecular weight excluding hydrogens is 212 g/mol. The first-order valence-electron chi connectivity index (χ1n) is 6.49. The van der Waals surface area contributed by atoms with E-state index in [4.69, 9.17) is 5.26 Å². The molecule has 1 saturated heterocycles. The molecule has 0 bridgehead atoms. The Labute approximate surface area is 103 Å². The molecule has 3 heteroatoms. The Bertz CT molecular complexity index is 359. The van der Waals surface area contributed by atoms with Gasteiger partial charge in [0, 0.05) is 19.5 Å². The normalized spacial score (nSPS) is 26.8. The summed E-state index contributed by atoms with van der Waals surface area (Å²) < 4.78 is 0. The van der Waals surface area contributed by atoms with E-state index in [1.165, 1.54) is 0 Å². The minimum Gasteiger partial charge on any atom is -0.343 e. The molecule has 92 valence electrons. The number of carbonyl (C=O) groups excluding carboxylic acids is 1. The van der Waals surface area contributed by atoms with E-state index < -0.39 is 0 Å². The highest BCUT2D eigenvalue weighted by Crippen LogP contribution is 2.30. The third-order valence-corrected chi connectivity index (χ3v) is 4.04. The molecule has 1 heterocycles. The van der Waals surface area contributed by atoms with Crippen LogP contribution in [0.5, 0.6) is 0 Å². The molecule has 0 aromatic carbocycles. The van der Waals surface area contributed by atoms with Gasteiger partial charge in [0.05, 0.1) is 11.5 Å². The first-order valence-corrected chi connectivity index (χ1v) is 6.49. The van der Waals surface area contributed by atoms with Gasteiger partial charge in [-0.2, -0.15) is 5.26 Å². The Morgan fingerprint density at radius 2 is 2.24 bits per heavy atom. The lowest BCUT2D eigenvalue weighted by Crippen LogP contribution is -2.42. The lowest BCUT2D eigenvalue weighted by Gasteiger charge is -2.35. The molecule has 0 aromatic heterocycles. The zero-order valence-electron chi connectivity index (χ0n) is 10.5. The standard InChI is InChI=1S/C14H20N2O/c1-14(11-15)6-8-16(9-7-14)13(17)10-12-4-2-3-5-12/h2,4,12H,3,5-10H2,1H3. The number of hydrogen-bond acceptors (Lipinski definition) is 2. The molecule has 1 aliphatic heterocycles. The number of carbonyl (C=O) groups is 1. The van der Waals surface area contributed by atoms with Gasteiger partial charge < -0.3 is 4.90 Å². The van der Waals surface area contributed by atoms with Crippen molar-refractivity contribution in [3.8, 4) is 6.07 Å². The van der Waals surface area contributed by atoms with Crippen LogP contribution in [-0.4, -0.2) is 23.9 Å². The van der Waals surface area contributed by atoms with Gasteiger partial charge in [0.25, 0.3) is 0 Å². The highest BCUT2D eigenvalue weighted by molar-refractivity contribution is 5.76. The Kier molecular flexibility index (Phi) is 3.51. The fraction of sp³-hybridized carbons (Fsp3) is 0.714. The molecule has 0 N–H and O–H groups in total. The quantitative estimate of drug-likeness (QED) is 0.687. The molecule has 1 fully saturated rings. The Hall–Kier alpha value is -1.30. The summed E-state index contributed by atoms with van der Waals surface area (Å²) in [7, 11) is 0. The van der Waals surface area contributed by atoms with Gasteiger partial charge in [-0.1, -0.05) is 12.2 Å². The van der Waals surface area contributed by atoms with Crippen LogP contribution >= 0.6 is 0 Å². The predicted octanol–water partition coefficient (Wildman–Crippen LogP) is 2.49. The van der Waals surface area contributed by atoms with E-state index in [1.54, 1.807) is 0 Å². The number of allylic oxidation sites excluding steroid dienone is 2. The highest BCUT2D eigenvalue weighted by Gasteiger charge is 2.32. The summed E-state index contributed by atoms with van der Waals surface area (Å²) >= 11 is 0. The topological polar surface area (TPSA) is 44.1 Å². The van der Waals surface area contributed by atoms with Crippen LogP contribution in [0.15, 0.2) is 12.2 Å². The predicted molar refractivity (Wildman–Crippen MR) is 66.0 cm³/mol. The average Bonchev–Trinajstić information content (AvgIpc) is 2.83. The molecule has 0 saturated carbocycles. The maximum Gasteiger partial charge on any atom is 0.223 e. The van der Waals surface area contributed by atoms with Crippen LogP contribution in [0.25, 0.3) is 0 Å². The fourth-order valence-corrected chi connectivity index (χ4v) is 2.58. The van der Waals surface area contributed by atoms with E-state index in [9.17, 15) is 4.79 Å². The van der Waals surface area contributed by atoms with E-state index in [-0.39, 0.29) is 11.3 Å². The van der Waals surface area contributed by atoms with Crippen molar-refractivity contribution in [3.05, 3.63) is 12.2 Å². The van der Waals surface area contributed by atoms with Gasteiger partial charge >= 0.3 is 0 Å². The molecule has 0 radical (unpaired) electrons. The first kappa shape index (κ1) is 12.2. The molecule has 3 nitrogen and oxygen atoms in total. The number of nitrogens with zero attached hydrogens (tertiary/aromatic N) is 2. The summed E-state index contributed by atoms with van der Waals surface area (Å²) in [6.07, 6.45) is 8.85. The third-order valence-electron chi connectivity index (χ3n) is 4.04. The second-order valence-electron chi connectivity index (χ2n) is 5.52. The van der Waals surface area contributed by atoms with Crippen molar-refractivity contribution in [2.24, 2.45) is 11.3 Å². The zero-order valence-corrected chi connectivity index (χ0v) is 10.5. The monoisotopic (exact) mass is 232 g/mol. The second-order valence-corrected chi connectivity index (χ2v) is 5.52. The average molecular weight is 232 g/mol. The van der Waals surface area contributed by atoms with Gasteiger partial charge in [0.15, 0.2) is 0 Å². The van der Waals surface area contributed by atoms with Crippen LogP contribution in [0.3, 0.4) is 0 Å². The second kappa shape index (κ2) is 4.91. The summed E-state index contributed by atoms with van der Waals surface area (Å²) in [5.74, 6) is 0.716. The molecular formula is C14H20N2O. The Balaban J connectivity index is 1.82. The van der Waals surface area contributed by atoms with E-state index in [0.717, 1.165) is 38.8 Å². The summed E-state index contributed by atoms with van der Waals surface area (Å²) in [4.78, 5) is 14.0. The number of piperidine rings is 1. The van der Waals surface area contributed by atoms with Crippen molar-refractivity contribution in [3.63, 3.8) is 0 Å². The van der Waals surface area contributed by atoms with Gasteiger partial charge in [-0.3, -0.25) is 4.79 Å². The van der Waals surface area contributed by atoms with Crippen LogP contribution in [0.1, 0.15) is 39.0 Å². The maximum atomic E-state index is 12.1. The minimum absolute atomic E-state index is 0.218. The molecule has 1 amide bonds. The SMILES string of the molecule is CC1(C#N)CCN(C(=O)CC2C=CCC2)CC1. The molecule has 2 rings (SSSR count). The zero-order chi connectivity index (χ0) is 12.3. The fourth-order valence-electron chi connectivity index (χ4n) is 2.58.